The number of rotatable bonds is 5. The summed E-state index contributed by atoms with van der Waals surface area (Å²) in [5.41, 5.74) is -4.26. The summed E-state index contributed by atoms with van der Waals surface area (Å²) in [5, 5.41) is 13.1. The molecule has 6 rings (SSSR count). The van der Waals surface area contributed by atoms with E-state index in [0.29, 0.717) is 5.57 Å². The van der Waals surface area contributed by atoms with Crippen molar-refractivity contribution in [3.05, 3.63) is 36.3 Å². The molecule has 2 aliphatic carbocycles. The largest absolute Gasteiger partial charge is 0.472 e. The van der Waals surface area contributed by atoms with E-state index in [2.05, 4.69) is 6.58 Å². The summed E-state index contributed by atoms with van der Waals surface area (Å²) in [6, 6.07) is 1.78. The fraction of sp³-hybridized carbons (Fsp3) is 0.697. The first-order valence-electron chi connectivity index (χ1n) is 15.4. The molecular weight excluding hydrogens is 572 g/mol. The summed E-state index contributed by atoms with van der Waals surface area (Å²) in [6.07, 6.45) is -0.401. The zero-order valence-electron chi connectivity index (χ0n) is 26.1. The Kier molecular flexibility index (Phi) is 7.12. The van der Waals surface area contributed by atoms with Crippen molar-refractivity contribution in [1.29, 1.82) is 0 Å². The summed E-state index contributed by atoms with van der Waals surface area (Å²) < 4.78 is 35.8. The highest BCUT2D eigenvalue weighted by molar-refractivity contribution is 5.75. The van der Waals surface area contributed by atoms with E-state index < -0.39 is 88.1 Å². The van der Waals surface area contributed by atoms with Gasteiger partial charge < -0.3 is 33.2 Å². The van der Waals surface area contributed by atoms with Crippen molar-refractivity contribution >= 4 is 23.9 Å². The van der Waals surface area contributed by atoms with Crippen molar-refractivity contribution in [2.75, 3.05) is 6.61 Å². The molecule has 11 atom stereocenters. The quantitative estimate of drug-likeness (QED) is 0.295. The van der Waals surface area contributed by atoms with E-state index in [1.807, 2.05) is 27.7 Å². The predicted octanol–water partition coefficient (Wildman–Crippen LogP) is 3.62. The standard InChI is InChI=1S/C33H42O11/c1-16(2)10-25(36)43-29-28-27(31(6)21-12-24(35)40-15-30(21,5)44-26(37)13-22(31)42-28)17(3)33(38)23(41-18(4)34)11-20(32(29,33)7)19-8-9-39-14-19/h8-9,14,16,20-23,27-29,38H,3,10-13,15H2,1-2,4-7H3/t20-,21-,22-,23+,27+,28+,29-,30+,31+,32+,33+/m0/s1. The molecule has 5 aliphatic rings. The van der Waals surface area contributed by atoms with Gasteiger partial charge in [-0.3, -0.25) is 19.2 Å². The number of cyclic esters (lactones) is 1. The monoisotopic (exact) mass is 614 g/mol. The van der Waals surface area contributed by atoms with Crippen molar-refractivity contribution in [3.8, 4) is 0 Å². The number of fused-ring (bicyclic) bond motifs is 6. The van der Waals surface area contributed by atoms with E-state index >= 15 is 0 Å². The van der Waals surface area contributed by atoms with Crippen LogP contribution >= 0.6 is 0 Å². The predicted molar refractivity (Wildman–Crippen MR) is 152 cm³/mol. The molecule has 0 bridgehead atoms. The average Bonchev–Trinajstić information content (AvgIpc) is 3.59. The number of esters is 4. The molecule has 3 saturated heterocycles. The van der Waals surface area contributed by atoms with Gasteiger partial charge in [0.1, 0.15) is 36.1 Å². The second-order valence-corrected chi connectivity index (χ2v) is 14.4. The van der Waals surface area contributed by atoms with Crippen LogP contribution in [0, 0.1) is 28.6 Å². The zero-order chi connectivity index (χ0) is 32.0. The summed E-state index contributed by atoms with van der Waals surface area (Å²) in [5.74, 6) is -3.75. The van der Waals surface area contributed by atoms with Crippen molar-refractivity contribution in [3.63, 3.8) is 0 Å². The van der Waals surface area contributed by atoms with Gasteiger partial charge in [-0.05, 0) is 36.5 Å². The van der Waals surface area contributed by atoms with Crippen LogP contribution in [0.25, 0.3) is 0 Å². The van der Waals surface area contributed by atoms with Gasteiger partial charge in [0.25, 0.3) is 0 Å². The van der Waals surface area contributed by atoms with Gasteiger partial charge in [-0.1, -0.05) is 34.3 Å². The third-order valence-electron chi connectivity index (χ3n) is 11.4. The zero-order valence-corrected chi connectivity index (χ0v) is 26.1. The molecule has 240 valence electrons. The Hall–Kier alpha value is -3.18. The minimum atomic E-state index is -1.89. The Balaban J connectivity index is 1.56. The first kappa shape index (κ1) is 30.8. The Morgan fingerprint density at radius 1 is 1.14 bits per heavy atom. The molecule has 44 heavy (non-hydrogen) atoms. The van der Waals surface area contributed by atoms with Crippen LogP contribution in [-0.2, 0) is 42.9 Å². The van der Waals surface area contributed by atoms with Crippen LogP contribution < -0.4 is 0 Å². The van der Waals surface area contributed by atoms with Crippen LogP contribution in [0.15, 0.2) is 35.2 Å². The Morgan fingerprint density at radius 3 is 2.50 bits per heavy atom. The number of hydrogen-bond acceptors (Lipinski definition) is 11. The maximum atomic E-state index is 13.5. The van der Waals surface area contributed by atoms with Crippen molar-refractivity contribution in [2.24, 2.45) is 28.6 Å². The van der Waals surface area contributed by atoms with Gasteiger partial charge in [-0.2, -0.15) is 0 Å². The van der Waals surface area contributed by atoms with Gasteiger partial charge in [0.2, 0.25) is 0 Å². The number of carbonyl (C=O) groups excluding carboxylic acids is 4. The highest BCUT2D eigenvalue weighted by Gasteiger charge is 2.80. The summed E-state index contributed by atoms with van der Waals surface area (Å²) in [6.45, 7) is 15.0. The summed E-state index contributed by atoms with van der Waals surface area (Å²) in [4.78, 5) is 51.9. The SMILES string of the molecule is C=C1[C@@H]2[C@@H](O[C@H]3CC(=O)O[C@]4(C)COC(=O)C[C@@H]4[C@]32C)[C@H](OC(=O)CC(C)C)[C@@]2(C)[C@H](c3ccoc3)C[C@@H](OC(C)=O)[C@]12O. The van der Waals surface area contributed by atoms with Crippen LogP contribution in [0.5, 0.6) is 0 Å². The average molecular weight is 615 g/mol. The Bertz CT molecular complexity index is 1380. The molecule has 5 fully saturated rings. The lowest BCUT2D eigenvalue weighted by molar-refractivity contribution is -0.225. The van der Waals surface area contributed by atoms with Crippen LogP contribution in [-0.4, -0.2) is 71.2 Å². The number of hydrogen-bond donors (Lipinski definition) is 1. The molecule has 0 spiro atoms. The third-order valence-corrected chi connectivity index (χ3v) is 11.4. The van der Waals surface area contributed by atoms with E-state index in [0.717, 1.165) is 5.56 Å². The first-order chi connectivity index (χ1) is 20.6. The molecule has 1 N–H and O–H groups in total. The summed E-state index contributed by atoms with van der Waals surface area (Å²) >= 11 is 0. The molecule has 3 aliphatic heterocycles. The van der Waals surface area contributed by atoms with Crippen LogP contribution in [0.2, 0.25) is 0 Å². The molecule has 0 unspecified atom stereocenters. The van der Waals surface area contributed by atoms with Crippen molar-refractivity contribution in [1.82, 2.24) is 0 Å². The highest BCUT2D eigenvalue weighted by atomic mass is 16.6. The number of furan rings is 1. The van der Waals surface area contributed by atoms with E-state index in [-0.39, 0.29) is 38.2 Å². The topological polar surface area (TPSA) is 148 Å². The van der Waals surface area contributed by atoms with Gasteiger partial charge in [-0.25, -0.2) is 0 Å². The first-order valence-corrected chi connectivity index (χ1v) is 15.4. The molecule has 0 radical (unpaired) electrons. The molecule has 0 aromatic carbocycles. The van der Waals surface area contributed by atoms with Crippen molar-refractivity contribution < 1.29 is 52.4 Å². The molecular formula is C33H42O11. The minimum absolute atomic E-state index is 0.00224. The fourth-order valence-corrected chi connectivity index (χ4v) is 9.49. The molecule has 1 aromatic rings. The van der Waals surface area contributed by atoms with Crippen LogP contribution in [0.1, 0.15) is 78.7 Å². The summed E-state index contributed by atoms with van der Waals surface area (Å²) in [7, 11) is 0. The number of carbonyl (C=O) groups is 4. The minimum Gasteiger partial charge on any atom is -0.472 e. The molecule has 11 nitrogen and oxygen atoms in total. The normalized spacial score (nSPS) is 44.5. The van der Waals surface area contributed by atoms with Gasteiger partial charge >= 0.3 is 23.9 Å². The lowest BCUT2D eigenvalue weighted by Crippen LogP contribution is -2.69. The lowest BCUT2D eigenvalue weighted by atomic mass is 9.48. The van der Waals surface area contributed by atoms with E-state index in [4.69, 9.17) is 28.1 Å². The second kappa shape index (κ2) is 10.2. The van der Waals surface area contributed by atoms with Gasteiger partial charge in [0, 0.05) is 36.5 Å². The van der Waals surface area contributed by atoms with Crippen molar-refractivity contribution in [2.45, 2.75) is 109 Å². The van der Waals surface area contributed by atoms with Gasteiger partial charge in [0.15, 0.2) is 0 Å². The van der Waals surface area contributed by atoms with Gasteiger partial charge in [0.05, 0.1) is 36.9 Å². The molecule has 2 saturated carbocycles. The number of ether oxygens (including phenoxy) is 5. The Morgan fingerprint density at radius 2 is 1.86 bits per heavy atom. The maximum Gasteiger partial charge on any atom is 0.309 e. The molecule has 1 aromatic heterocycles. The third kappa shape index (κ3) is 4.14. The van der Waals surface area contributed by atoms with E-state index in [1.54, 1.807) is 19.3 Å². The van der Waals surface area contributed by atoms with Crippen LogP contribution in [0.4, 0.5) is 0 Å². The number of aliphatic hydroxyl groups is 1. The van der Waals surface area contributed by atoms with E-state index in [9.17, 15) is 24.3 Å². The second-order valence-electron chi connectivity index (χ2n) is 14.4. The van der Waals surface area contributed by atoms with Crippen LogP contribution in [0.3, 0.4) is 0 Å². The van der Waals surface area contributed by atoms with Gasteiger partial charge in [-0.15, -0.1) is 0 Å². The molecule has 0 amide bonds. The fourth-order valence-electron chi connectivity index (χ4n) is 9.49. The van der Waals surface area contributed by atoms with E-state index in [1.165, 1.54) is 13.2 Å². The molecule has 11 heteroatoms. The lowest BCUT2D eigenvalue weighted by Gasteiger charge is -2.59. The smallest absolute Gasteiger partial charge is 0.309 e. The Labute approximate surface area is 256 Å². The molecule has 4 heterocycles. The highest BCUT2D eigenvalue weighted by Crippen LogP contribution is 2.72. The maximum absolute atomic E-state index is 13.5.